The molecule has 0 spiro atoms. The second kappa shape index (κ2) is 6.30. The lowest BCUT2D eigenvalue weighted by atomic mass is 10.2. The van der Waals surface area contributed by atoms with Crippen LogP contribution in [0.25, 0.3) is 10.6 Å². The molecule has 0 aliphatic carbocycles. The molecule has 0 radical (unpaired) electrons. The van der Waals surface area contributed by atoms with Gasteiger partial charge >= 0.3 is 0 Å². The van der Waals surface area contributed by atoms with Gasteiger partial charge in [0.25, 0.3) is 0 Å². The molecule has 2 aromatic rings. The first-order valence-corrected chi connectivity index (χ1v) is 7.52. The van der Waals surface area contributed by atoms with Crippen molar-refractivity contribution >= 4 is 24.0 Å². The first-order chi connectivity index (χ1) is 9.19. The van der Waals surface area contributed by atoms with Crippen LogP contribution in [-0.4, -0.2) is 18.7 Å². The summed E-state index contributed by atoms with van der Waals surface area (Å²) in [5.41, 5.74) is 2.09. The predicted octanol–water partition coefficient (Wildman–Crippen LogP) is 3.96. The van der Waals surface area contributed by atoms with Crippen molar-refractivity contribution in [3.8, 4) is 22.1 Å². The second-order valence-electron chi connectivity index (χ2n) is 3.98. The number of thiol groups is 1. The summed E-state index contributed by atoms with van der Waals surface area (Å²) in [6, 6.07) is 5.90. The van der Waals surface area contributed by atoms with Gasteiger partial charge < -0.3 is 9.47 Å². The van der Waals surface area contributed by atoms with Crippen LogP contribution in [0.15, 0.2) is 18.2 Å². The Morgan fingerprint density at radius 3 is 2.68 bits per heavy atom. The Kier molecular flexibility index (Phi) is 4.71. The summed E-state index contributed by atoms with van der Waals surface area (Å²) in [7, 11) is 1.65. The molecule has 1 aromatic heterocycles. The number of aryl methyl sites for hydroxylation is 1. The number of aromatic nitrogens is 1. The van der Waals surface area contributed by atoms with Crippen molar-refractivity contribution in [2.75, 3.05) is 13.7 Å². The summed E-state index contributed by atoms with van der Waals surface area (Å²) in [5.74, 6) is 2.22. The van der Waals surface area contributed by atoms with E-state index in [1.54, 1.807) is 18.4 Å². The molecule has 19 heavy (non-hydrogen) atoms. The first kappa shape index (κ1) is 14.2. The van der Waals surface area contributed by atoms with Crippen LogP contribution in [0.1, 0.15) is 17.5 Å². The highest BCUT2D eigenvalue weighted by atomic mass is 32.1. The standard InChI is InChI=1S/C14H17NO2S2/c1-4-17-11-6-5-10(7-12(11)16-3)14-15-9(2)13(8-18)19-14/h5-7,18H,4,8H2,1-3H3. The van der Waals surface area contributed by atoms with Crippen molar-refractivity contribution in [3.05, 3.63) is 28.8 Å². The first-order valence-electron chi connectivity index (χ1n) is 6.08. The third-order valence-electron chi connectivity index (χ3n) is 2.75. The summed E-state index contributed by atoms with van der Waals surface area (Å²) >= 11 is 5.98. The number of nitrogens with zero attached hydrogens (tertiary/aromatic N) is 1. The summed E-state index contributed by atoms with van der Waals surface area (Å²) < 4.78 is 10.9. The minimum absolute atomic E-state index is 0.621. The van der Waals surface area contributed by atoms with Crippen LogP contribution >= 0.6 is 24.0 Å². The average molecular weight is 295 g/mol. The zero-order valence-corrected chi connectivity index (χ0v) is 13.0. The Balaban J connectivity index is 2.39. The minimum Gasteiger partial charge on any atom is -0.493 e. The molecular formula is C14H17NO2S2. The number of rotatable bonds is 5. The molecule has 1 heterocycles. The van der Waals surface area contributed by atoms with Crippen molar-refractivity contribution in [1.82, 2.24) is 4.98 Å². The van der Waals surface area contributed by atoms with E-state index >= 15 is 0 Å². The van der Waals surface area contributed by atoms with E-state index < -0.39 is 0 Å². The number of hydrogen-bond acceptors (Lipinski definition) is 5. The van der Waals surface area contributed by atoms with Gasteiger partial charge in [-0.2, -0.15) is 12.6 Å². The number of benzene rings is 1. The molecule has 2 rings (SSSR count). The molecule has 0 unspecified atom stereocenters. The fourth-order valence-electron chi connectivity index (χ4n) is 1.77. The Hall–Kier alpha value is -1.20. The van der Waals surface area contributed by atoms with Crippen LogP contribution in [-0.2, 0) is 5.75 Å². The molecule has 0 fully saturated rings. The van der Waals surface area contributed by atoms with Crippen molar-refractivity contribution in [3.63, 3.8) is 0 Å². The Bertz CT molecular complexity index is 567. The van der Waals surface area contributed by atoms with E-state index in [0.29, 0.717) is 6.61 Å². The maximum Gasteiger partial charge on any atom is 0.161 e. The second-order valence-corrected chi connectivity index (χ2v) is 5.38. The minimum atomic E-state index is 0.621. The van der Waals surface area contributed by atoms with Gasteiger partial charge in [-0.25, -0.2) is 4.98 Å². The SMILES string of the molecule is CCOc1ccc(-c2nc(C)c(CS)s2)cc1OC. The Morgan fingerprint density at radius 1 is 1.32 bits per heavy atom. The monoisotopic (exact) mass is 295 g/mol. The molecule has 0 aliphatic heterocycles. The molecule has 0 aliphatic rings. The predicted molar refractivity (Wildman–Crippen MR) is 82.7 cm³/mol. The Labute approximate surface area is 123 Å². The van der Waals surface area contributed by atoms with Gasteiger partial charge in [0.1, 0.15) is 5.01 Å². The smallest absolute Gasteiger partial charge is 0.161 e. The third kappa shape index (κ3) is 3.04. The maximum atomic E-state index is 5.51. The molecular weight excluding hydrogens is 278 g/mol. The number of ether oxygens (including phenoxy) is 2. The Morgan fingerprint density at radius 2 is 2.11 bits per heavy atom. The normalized spacial score (nSPS) is 10.5. The van der Waals surface area contributed by atoms with Gasteiger partial charge in [0.15, 0.2) is 11.5 Å². The molecule has 0 saturated carbocycles. The van der Waals surface area contributed by atoms with Gasteiger partial charge in [-0.05, 0) is 32.0 Å². The van der Waals surface area contributed by atoms with Gasteiger partial charge in [0.05, 0.1) is 19.4 Å². The molecule has 5 heteroatoms. The molecule has 0 atom stereocenters. The summed E-state index contributed by atoms with van der Waals surface area (Å²) in [4.78, 5) is 5.78. The fraction of sp³-hybridized carbons (Fsp3) is 0.357. The van der Waals surface area contributed by atoms with Gasteiger partial charge in [-0.15, -0.1) is 11.3 Å². The molecule has 102 valence electrons. The summed E-state index contributed by atoms with van der Waals surface area (Å²) in [5, 5.41) is 0.989. The molecule has 0 bridgehead atoms. The molecule has 0 saturated heterocycles. The number of thiazole rings is 1. The molecule has 0 amide bonds. The van der Waals surface area contributed by atoms with Crippen molar-refractivity contribution < 1.29 is 9.47 Å². The highest BCUT2D eigenvalue weighted by molar-refractivity contribution is 7.79. The van der Waals surface area contributed by atoms with E-state index in [2.05, 4.69) is 17.6 Å². The lowest BCUT2D eigenvalue weighted by Crippen LogP contribution is -1.95. The number of hydrogen-bond donors (Lipinski definition) is 1. The molecule has 0 N–H and O–H groups in total. The van der Waals surface area contributed by atoms with E-state index in [9.17, 15) is 0 Å². The summed E-state index contributed by atoms with van der Waals surface area (Å²) in [6.45, 7) is 4.59. The molecule has 3 nitrogen and oxygen atoms in total. The van der Waals surface area contributed by atoms with E-state index in [0.717, 1.165) is 33.5 Å². The van der Waals surface area contributed by atoms with Gasteiger partial charge in [-0.1, -0.05) is 0 Å². The van der Waals surface area contributed by atoms with Crippen LogP contribution in [0.5, 0.6) is 11.5 Å². The number of methoxy groups -OCH3 is 1. The highest BCUT2D eigenvalue weighted by Gasteiger charge is 2.11. The van der Waals surface area contributed by atoms with Crippen molar-refractivity contribution in [2.45, 2.75) is 19.6 Å². The van der Waals surface area contributed by atoms with Crippen LogP contribution < -0.4 is 9.47 Å². The van der Waals surface area contributed by atoms with Gasteiger partial charge in [0, 0.05) is 16.2 Å². The maximum absolute atomic E-state index is 5.51. The molecule has 1 aromatic carbocycles. The van der Waals surface area contributed by atoms with Crippen LogP contribution in [0.4, 0.5) is 0 Å². The van der Waals surface area contributed by atoms with Crippen LogP contribution in [0.3, 0.4) is 0 Å². The zero-order chi connectivity index (χ0) is 13.8. The quantitative estimate of drug-likeness (QED) is 0.847. The van der Waals surface area contributed by atoms with Crippen molar-refractivity contribution in [2.24, 2.45) is 0 Å². The third-order valence-corrected chi connectivity index (χ3v) is 4.48. The van der Waals surface area contributed by atoms with Crippen LogP contribution in [0, 0.1) is 6.92 Å². The van der Waals surface area contributed by atoms with Crippen molar-refractivity contribution in [1.29, 1.82) is 0 Å². The zero-order valence-electron chi connectivity index (χ0n) is 11.3. The van der Waals surface area contributed by atoms with E-state index in [1.165, 1.54) is 4.88 Å². The van der Waals surface area contributed by atoms with Crippen LogP contribution in [0.2, 0.25) is 0 Å². The highest BCUT2D eigenvalue weighted by Crippen LogP contribution is 2.35. The lowest BCUT2D eigenvalue weighted by molar-refractivity contribution is 0.311. The fourth-order valence-corrected chi connectivity index (χ4v) is 3.11. The lowest BCUT2D eigenvalue weighted by Gasteiger charge is -2.09. The van der Waals surface area contributed by atoms with Gasteiger partial charge in [-0.3, -0.25) is 0 Å². The average Bonchev–Trinajstić information content (AvgIpc) is 2.80. The van der Waals surface area contributed by atoms with E-state index in [1.807, 2.05) is 32.0 Å². The summed E-state index contributed by atoms with van der Waals surface area (Å²) in [6.07, 6.45) is 0. The van der Waals surface area contributed by atoms with Gasteiger partial charge in [0.2, 0.25) is 0 Å². The van der Waals surface area contributed by atoms with E-state index in [4.69, 9.17) is 9.47 Å². The largest absolute Gasteiger partial charge is 0.493 e. The van der Waals surface area contributed by atoms with E-state index in [-0.39, 0.29) is 0 Å². The topological polar surface area (TPSA) is 31.4 Å².